The van der Waals surface area contributed by atoms with Gasteiger partial charge >= 0.3 is 0 Å². The van der Waals surface area contributed by atoms with Crippen molar-refractivity contribution in [3.63, 3.8) is 0 Å². The maximum Gasteiger partial charge on any atom is 0.175 e. The van der Waals surface area contributed by atoms with Crippen molar-refractivity contribution in [2.45, 2.75) is 36.5 Å². The van der Waals surface area contributed by atoms with Crippen LogP contribution in [0.5, 0.6) is 11.5 Å². The summed E-state index contributed by atoms with van der Waals surface area (Å²) in [6.45, 7) is 0.977. The van der Waals surface area contributed by atoms with E-state index >= 15 is 0 Å². The van der Waals surface area contributed by atoms with Crippen molar-refractivity contribution in [1.82, 2.24) is 4.90 Å². The van der Waals surface area contributed by atoms with E-state index in [0.717, 1.165) is 30.7 Å². The molecule has 1 fully saturated rings. The molecule has 5 heteroatoms. The molecule has 3 aliphatic heterocycles. The molecule has 2 aliphatic carbocycles. The summed E-state index contributed by atoms with van der Waals surface area (Å²) in [5, 5.41) is 20.9. The monoisotopic (exact) mass is 299 g/mol. The van der Waals surface area contributed by atoms with E-state index in [1.807, 2.05) is 6.07 Å². The van der Waals surface area contributed by atoms with Crippen LogP contribution in [0.3, 0.4) is 0 Å². The second kappa shape index (κ2) is 3.29. The van der Waals surface area contributed by atoms with Crippen molar-refractivity contribution < 1.29 is 19.7 Å². The summed E-state index contributed by atoms with van der Waals surface area (Å²) >= 11 is 0. The lowest BCUT2D eigenvalue weighted by molar-refractivity contribution is -0.0453. The fourth-order valence-electron chi connectivity index (χ4n) is 5.57. The molecule has 6 rings (SSSR count). The normalized spacial score (nSPS) is 43.2. The molecule has 22 heavy (non-hydrogen) atoms. The number of rotatable bonds is 0. The number of aromatic hydroxyl groups is 1. The average molecular weight is 299 g/mol. The molecule has 1 saturated heterocycles. The van der Waals surface area contributed by atoms with Crippen LogP contribution in [0.2, 0.25) is 0 Å². The average Bonchev–Trinajstić information content (AvgIpc) is 3.22. The highest BCUT2D eigenvalue weighted by Crippen LogP contribution is 2.67. The number of aliphatic hydroxyl groups is 1. The number of hydrogen-bond donors (Lipinski definition) is 2. The van der Waals surface area contributed by atoms with Gasteiger partial charge in [0.2, 0.25) is 0 Å². The number of phenolic OH excluding ortho intramolecular Hbond substituents is 1. The molecule has 2 bridgehead atoms. The minimum atomic E-state index is -0.715. The van der Waals surface area contributed by atoms with Crippen molar-refractivity contribution in [1.29, 1.82) is 0 Å². The summed E-state index contributed by atoms with van der Waals surface area (Å²) in [5.41, 5.74) is 2.14. The standard InChI is InChI=1S/C17H17NO4/c1-18-5-4-17-10-7-2-3-9(19)13(10)22-16(17)12(20)15-14(21-15)11(17)8(18)6-7/h2-3,8,11-12,16,19-20H,4-6H2,1H3/t8-,11-,12+,16+,17-/m1/s1. The van der Waals surface area contributed by atoms with E-state index in [9.17, 15) is 10.2 Å². The summed E-state index contributed by atoms with van der Waals surface area (Å²) in [4.78, 5) is 2.41. The summed E-state index contributed by atoms with van der Waals surface area (Å²) in [6, 6.07) is 4.12. The number of ether oxygens (including phenoxy) is 2. The summed E-state index contributed by atoms with van der Waals surface area (Å²) in [7, 11) is 2.17. The van der Waals surface area contributed by atoms with E-state index in [1.54, 1.807) is 6.07 Å². The minimum Gasteiger partial charge on any atom is -0.504 e. The number of aliphatic hydroxyl groups excluding tert-OH is 1. The first-order valence-electron chi connectivity index (χ1n) is 7.95. The second-order valence-corrected chi connectivity index (χ2v) is 7.28. The van der Waals surface area contributed by atoms with Crippen LogP contribution in [0.1, 0.15) is 17.5 Å². The molecule has 1 aromatic rings. The number of piperidine rings is 1. The van der Waals surface area contributed by atoms with Gasteiger partial charge < -0.3 is 24.6 Å². The quantitative estimate of drug-likeness (QED) is 0.744. The van der Waals surface area contributed by atoms with E-state index in [0.29, 0.717) is 17.6 Å². The Balaban J connectivity index is 1.71. The first-order chi connectivity index (χ1) is 10.6. The van der Waals surface area contributed by atoms with Gasteiger partial charge in [-0.2, -0.15) is 0 Å². The van der Waals surface area contributed by atoms with E-state index in [1.165, 1.54) is 5.56 Å². The Morgan fingerprint density at radius 2 is 2.18 bits per heavy atom. The third-order valence-electron chi connectivity index (χ3n) is 6.51. The first kappa shape index (κ1) is 11.8. The van der Waals surface area contributed by atoms with E-state index in [-0.39, 0.29) is 23.2 Å². The SMILES string of the molecule is CN1CC[C@]23c4c5ccc(O)c4O[C@H]2[C@@H](O)C2=C(O2)[C@H]3[C@H]1C5. The molecule has 1 spiro atoms. The Hall–Kier alpha value is -1.72. The number of benzene rings is 1. The van der Waals surface area contributed by atoms with Gasteiger partial charge in [0.25, 0.3) is 0 Å². The van der Waals surface area contributed by atoms with Gasteiger partial charge in [0, 0.05) is 11.6 Å². The summed E-state index contributed by atoms with van der Waals surface area (Å²) in [6.07, 6.45) is 0.818. The van der Waals surface area contributed by atoms with Crippen LogP contribution in [0.25, 0.3) is 0 Å². The van der Waals surface area contributed by atoms with Crippen LogP contribution in [0.15, 0.2) is 23.7 Å². The molecule has 5 nitrogen and oxygen atoms in total. The molecular formula is C17H17NO4. The van der Waals surface area contributed by atoms with Crippen molar-refractivity contribution in [2.24, 2.45) is 5.92 Å². The molecule has 114 valence electrons. The van der Waals surface area contributed by atoms with Gasteiger partial charge in [-0.25, -0.2) is 0 Å². The Labute approximate surface area is 127 Å². The van der Waals surface area contributed by atoms with Crippen LogP contribution in [0.4, 0.5) is 0 Å². The molecule has 0 saturated carbocycles. The molecule has 2 N–H and O–H groups in total. The van der Waals surface area contributed by atoms with Gasteiger partial charge in [0.05, 0.1) is 11.3 Å². The highest BCUT2D eigenvalue weighted by atomic mass is 16.6. The highest BCUT2D eigenvalue weighted by Gasteiger charge is 2.71. The summed E-state index contributed by atoms with van der Waals surface area (Å²) in [5.74, 6) is 2.71. The zero-order valence-corrected chi connectivity index (χ0v) is 12.2. The zero-order chi connectivity index (χ0) is 14.8. The first-order valence-corrected chi connectivity index (χ1v) is 7.95. The largest absolute Gasteiger partial charge is 0.504 e. The van der Waals surface area contributed by atoms with E-state index in [4.69, 9.17) is 9.47 Å². The molecule has 0 unspecified atom stereocenters. The fourth-order valence-corrected chi connectivity index (χ4v) is 5.57. The van der Waals surface area contributed by atoms with Gasteiger partial charge in [-0.1, -0.05) is 6.07 Å². The Kier molecular flexibility index (Phi) is 1.76. The number of hydrogen-bond acceptors (Lipinski definition) is 5. The molecule has 1 aromatic carbocycles. The molecular weight excluding hydrogens is 282 g/mol. The number of likely N-dealkylation sites (tertiary alicyclic amines) is 1. The van der Waals surface area contributed by atoms with Gasteiger partial charge in [-0.3, -0.25) is 0 Å². The molecule has 0 aromatic heterocycles. The molecule has 5 aliphatic rings. The Bertz CT molecular complexity index is 772. The van der Waals surface area contributed by atoms with Gasteiger partial charge in [-0.05, 0) is 38.1 Å². The van der Waals surface area contributed by atoms with Crippen LogP contribution >= 0.6 is 0 Å². The maximum atomic E-state index is 10.7. The molecule has 3 heterocycles. The Morgan fingerprint density at radius 3 is 3.05 bits per heavy atom. The molecule has 0 radical (unpaired) electrons. The van der Waals surface area contributed by atoms with E-state index < -0.39 is 6.10 Å². The van der Waals surface area contributed by atoms with Crippen molar-refractivity contribution in [3.8, 4) is 11.5 Å². The van der Waals surface area contributed by atoms with Crippen LogP contribution in [-0.4, -0.2) is 47.0 Å². The van der Waals surface area contributed by atoms with Crippen molar-refractivity contribution >= 4 is 0 Å². The predicted octanol–water partition coefficient (Wildman–Crippen LogP) is 0.884. The van der Waals surface area contributed by atoms with Crippen LogP contribution in [0, 0.1) is 5.92 Å². The van der Waals surface area contributed by atoms with Crippen molar-refractivity contribution in [2.75, 3.05) is 13.6 Å². The topological polar surface area (TPSA) is 65.5 Å². The van der Waals surface area contributed by atoms with Gasteiger partial charge in [0.1, 0.15) is 6.10 Å². The predicted molar refractivity (Wildman–Crippen MR) is 76.5 cm³/mol. The van der Waals surface area contributed by atoms with Gasteiger partial charge in [0.15, 0.2) is 29.1 Å². The third-order valence-corrected chi connectivity index (χ3v) is 6.51. The third kappa shape index (κ3) is 1.02. The summed E-state index contributed by atoms with van der Waals surface area (Å²) < 4.78 is 11.8. The van der Waals surface area contributed by atoms with Gasteiger partial charge in [-0.15, -0.1) is 0 Å². The smallest absolute Gasteiger partial charge is 0.175 e. The van der Waals surface area contributed by atoms with Crippen LogP contribution < -0.4 is 4.74 Å². The highest BCUT2D eigenvalue weighted by molar-refractivity contribution is 5.63. The lowest BCUT2D eigenvalue weighted by atomic mass is 9.53. The Morgan fingerprint density at radius 1 is 1.32 bits per heavy atom. The lowest BCUT2D eigenvalue weighted by Crippen LogP contribution is -2.64. The maximum absolute atomic E-state index is 10.7. The minimum absolute atomic E-state index is 0.190. The number of phenols is 1. The van der Waals surface area contributed by atoms with Crippen LogP contribution in [-0.2, 0) is 16.6 Å². The van der Waals surface area contributed by atoms with Crippen molar-refractivity contribution in [3.05, 3.63) is 34.8 Å². The number of nitrogens with zero attached hydrogens (tertiary/aromatic N) is 1. The van der Waals surface area contributed by atoms with E-state index in [2.05, 4.69) is 11.9 Å². The fraction of sp³-hybridized carbons (Fsp3) is 0.529. The molecule has 5 atom stereocenters. The lowest BCUT2D eigenvalue weighted by Gasteiger charge is -2.54. The molecule has 0 amide bonds. The zero-order valence-electron chi connectivity index (χ0n) is 12.2. The number of likely N-dealkylation sites (N-methyl/N-ethyl adjacent to an activating group) is 1. The second-order valence-electron chi connectivity index (χ2n) is 7.28.